The fourth-order valence-electron chi connectivity index (χ4n) is 3.26. The van der Waals surface area contributed by atoms with Gasteiger partial charge >= 0.3 is 0 Å². The van der Waals surface area contributed by atoms with Gasteiger partial charge in [-0.2, -0.15) is 0 Å². The maximum Gasteiger partial charge on any atom is 0.252 e. The van der Waals surface area contributed by atoms with Crippen molar-refractivity contribution in [2.45, 2.75) is 52.6 Å². The highest BCUT2D eigenvalue weighted by molar-refractivity contribution is 6.15. The second-order valence-corrected chi connectivity index (χ2v) is 9.31. The van der Waals surface area contributed by atoms with Crippen LogP contribution >= 0.6 is 0 Å². The number of rotatable bonds is 2. The Labute approximate surface area is 166 Å². The lowest BCUT2D eigenvalue weighted by atomic mass is 9.95. The number of nitrogens with one attached hydrogen (secondary N) is 2. The normalized spacial score (nSPS) is 12.2. The van der Waals surface area contributed by atoms with Crippen molar-refractivity contribution in [3.05, 3.63) is 59.7 Å². The van der Waals surface area contributed by atoms with Crippen LogP contribution in [0.5, 0.6) is 0 Å². The first-order valence-corrected chi connectivity index (χ1v) is 9.55. The van der Waals surface area contributed by atoms with E-state index in [1.807, 2.05) is 90.1 Å². The quantitative estimate of drug-likeness (QED) is 0.615. The van der Waals surface area contributed by atoms with Crippen molar-refractivity contribution in [1.82, 2.24) is 10.6 Å². The Morgan fingerprint density at radius 2 is 1.04 bits per heavy atom. The fraction of sp³-hybridized carbons (Fsp3) is 0.333. The largest absolute Gasteiger partial charge is 0.347 e. The lowest BCUT2D eigenvalue weighted by Gasteiger charge is -2.22. The number of hydrogen-bond donors (Lipinski definition) is 2. The summed E-state index contributed by atoms with van der Waals surface area (Å²) < 4.78 is 0. The topological polar surface area (TPSA) is 58.2 Å². The highest BCUT2D eigenvalue weighted by Gasteiger charge is 2.20. The molecular weight excluding hydrogens is 348 g/mol. The van der Waals surface area contributed by atoms with E-state index in [2.05, 4.69) is 10.6 Å². The van der Waals surface area contributed by atoms with E-state index in [0.29, 0.717) is 11.1 Å². The van der Waals surface area contributed by atoms with Crippen LogP contribution in [-0.2, 0) is 0 Å². The molecule has 0 atom stereocenters. The molecule has 3 aromatic rings. The minimum absolute atomic E-state index is 0.117. The average Bonchev–Trinajstić information content (AvgIpc) is 2.55. The van der Waals surface area contributed by atoms with Crippen LogP contribution < -0.4 is 10.6 Å². The first-order valence-electron chi connectivity index (χ1n) is 9.55. The van der Waals surface area contributed by atoms with Gasteiger partial charge < -0.3 is 10.6 Å². The van der Waals surface area contributed by atoms with E-state index >= 15 is 0 Å². The number of fused-ring (bicyclic) bond motifs is 2. The van der Waals surface area contributed by atoms with Gasteiger partial charge in [-0.3, -0.25) is 9.59 Å². The van der Waals surface area contributed by atoms with Gasteiger partial charge in [0.25, 0.3) is 11.8 Å². The standard InChI is InChI=1S/C24H28N2O2/c1-23(2,3)25-21(27)17-11-7-9-15-13-16-10-8-12-18(20(16)14-19(15)17)22(28)26-24(4,5)6/h7-14H,1-6H3,(H,25,27)(H,26,28). The number of benzene rings is 3. The first kappa shape index (κ1) is 19.9. The second-order valence-electron chi connectivity index (χ2n) is 9.31. The smallest absolute Gasteiger partial charge is 0.252 e. The summed E-state index contributed by atoms with van der Waals surface area (Å²) in [6.07, 6.45) is 0. The van der Waals surface area contributed by atoms with E-state index in [1.165, 1.54) is 0 Å². The van der Waals surface area contributed by atoms with Crippen molar-refractivity contribution >= 4 is 33.4 Å². The van der Waals surface area contributed by atoms with Gasteiger partial charge in [-0.05, 0) is 87.4 Å². The molecule has 2 N–H and O–H groups in total. The predicted octanol–water partition coefficient (Wildman–Crippen LogP) is 5.05. The Balaban J connectivity index is 2.19. The molecule has 2 amide bonds. The van der Waals surface area contributed by atoms with Gasteiger partial charge in [-0.15, -0.1) is 0 Å². The summed E-state index contributed by atoms with van der Waals surface area (Å²) in [5.74, 6) is -0.233. The van der Waals surface area contributed by atoms with Gasteiger partial charge in [-0.25, -0.2) is 0 Å². The Morgan fingerprint density at radius 1 is 0.643 bits per heavy atom. The minimum atomic E-state index is -0.326. The van der Waals surface area contributed by atoms with Gasteiger partial charge in [0.05, 0.1) is 0 Å². The molecule has 0 radical (unpaired) electrons. The predicted molar refractivity (Wildman–Crippen MR) is 116 cm³/mol. The van der Waals surface area contributed by atoms with Crippen molar-refractivity contribution in [2.75, 3.05) is 0 Å². The minimum Gasteiger partial charge on any atom is -0.347 e. The Hall–Kier alpha value is -2.88. The third-order valence-corrected chi connectivity index (χ3v) is 4.35. The molecule has 3 rings (SSSR count). The number of carbonyl (C=O) groups is 2. The summed E-state index contributed by atoms with van der Waals surface area (Å²) in [5.41, 5.74) is 0.572. The summed E-state index contributed by atoms with van der Waals surface area (Å²) in [6.45, 7) is 11.8. The monoisotopic (exact) mass is 376 g/mol. The molecule has 0 aliphatic rings. The lowest BCUT2D eigenvalue weighted by Crippen LogP contribution is -2.40. The molecule has 0 aliphatic carbocycles. The molecule has 146 valence electrons. The van der Waals surface area contributed by atoms with Crippen LogP contribution in [0.15, 0.2) is 48.5 Å². The van der Waals surface area contributed by atoms with Crippen LogP contribution in [0.25, 0.3) is 21.5 Å². The molecule has 28 heavy (non-hydrogen) atoms. The second kappa shape index (κ2) is 6.93. The van der Waals surface area contributed by atoms with Gasteiger partial charge in [0, 0.05) is 22.2 Å². The molecule has 0 heterocycles. The third kappa shape index (κ3) is 4.33. The van der Waals surface area contributed by atoms with Gasteiger partial charge in [0.1, 0.15) is 0 Å². The van der Waals surface area contributed by atoms with Crippen molar-refractivity contribution in [3.8, 4) is 0 Å². The third-order valence-electron chi connectivity index (χ3n) is 4.35. The summed E-state index contributed by atoms with van der Waals surface area (Å²) in [7, 11) is 0. The Bertz CT molecular complexity index is 987. The molecule has 0 saturated carbocycles. The SMILES string of the molecule is CC(C)(C)NC(=O)c1cccc2cc3cccc(C(=O)NC(C)(C)C)c3cc12. The maximum atomic E-state index is 12.8. The van der Waals surface area contributed by atoms with E-state index in [9.17, 15) is 9.59 Å². The average molecular weight is 377 g/mol. The summed E-state index contributed by atoms with van der Waals surface area (Å²) in [6, 6.07) is 15.4. The Morgan fingerprint density at radius 3 is 1.39 bits per heavy atom. The molecule has 0 fully saturated rings. The fourth-order valence-corrected chi connectivity index (χ4v) is 3.26. The van der Waals surface area contributed by atoms with Crippen LogP contribution in [0, 0.1) is 0 Å². The molecule has 4 nitrogen and oxygen atoms in total. The molecule has 0 unspecified atom stereocenters. The number of carbonyl (C=O) groups excluding carboxylic acids is 2. The van der Waals surface area contributed by atoms with Crippen LogP contribution in [0.2, 0.25) is 0 Å². The van der Waals surface area contributed by atoms with Crippen molar-refractivity contribution in [1.29, 1.82) is 0 Å². The molecule has 3 aromatic carbocycles. The zero-order valence-corrected chi connectivity index (χ0v) is 17.4. The molecule has 0 saturated heterocycles. The van der Waals surface area contributed by atoms with E-state index < -0.39 is 0 Å². The van der Waals surface area contributed by atoms with Gasteiger partial charge in [0.2, 0.25) is 0 Å². The lowest BCUT2D eigenvalue weighted by molar-refractivity contribution is 0.0912. The molecule has 0 bridgehead atoms. The summed E-state index contributed by atoms with van der Waals surface area (Å²) in [4.78, 5) is 25.7. The van der Waals surface area contributed by atoms with Crippen LogP contribution in [0.1, 0.15) is 62.3 Å². The zero-order chi connectivity index (χ0) is 20.7. The molecule has 0 spiro atoms. The van der Waals surface area contributed by atoms with E-state index in [0.717, 1.165) is 21.5 Å². The molecule has 4 heteroatoms. The Kier molecular flexibility index (Phi) is 4.92. The van der Waals surface area contributed by atoms with E-state index in [-0.39, 0.29) is 22.9 Å². The van der Waals surface area contributed by atoms with E-state index in [1.54, 1.807) is 0 Å². The van der Waals surface area contributed by atoms with Crippen molar-refractivity contribution in [3.63, 3.8) is 0 Å². The maximum absolute atomic E-state index is 12.8. The summed E-state index contributed by atoms with van der Waals surface area (Å²) >= 11 is 0. The number of hydrogen-bond acceptors (Lipinski definition) is 2. The zero-order valence-electron chi connectivity index (χ0n) is 17.4. The van der Waals surface area contributed by atoms with Gasteiger partial charge in [0.15, 0.2) is 0 Å². The van der Waals surface area contributed by atoms with Crippen LogP contribution in [0.3, 0.4) is 0 Å². The van der Waals surface area contributed by atoms with Crippen molar-refractivity contribution in [2.24, 2.45) is 0 Å². The first-order chi connectivity index (χ1) is 12.9. The summed E-state index contributed by atoms with van der Waals surface area (Å²) in [5, 5.41) is 9.68. The highest BCUT2D eigenvalue weighted by atomic mass is 16.2. The number of amides is 2. The van der Waals surface area contributed by atoms with Crippen LogP contribution in [-0.4, -0.2) is 22.9 Å². The molecule has 0 aromatic heterocycles. The van der Waals surface area contributed by atoms with E-state index in [4.69, 9.17) is 0 Å². The van der Waals surface area contributed by atoms with Gasteiger partial charge in [-0.1, -0.05) is 24.3 Å². The highest BCUT2D eigenvalue weighted by Crippen LogP contribution is 2.28. The van der Waals surface area contributed by atoms with Crippen molar-refractivity contribution < 1.29 is 9.59 Å². The molecular formula is C24H28N2O2. The van der Waals surface area contributed by atoms with Crippen LogP contribution in [0.4, 0.5) is 0 Å². The molecule has 0 aliphatic heterocycles.